The molecule has 2 rings (SSSR count). The molecule has 0 aliphatic heterocycles. The molecule has 1 amide bonds. The number of carboxylic acid groups (broad SMARTS) is 1. The van der Waals surface area contributed by atoms with Crippen LogP contribution in [0.3, 0.4) is 0 Å². The van der Waals surface area contributed by atoms with Crippen LogP contribution in [-0.2, 0) is 9.59 Å². The molecule has 0 aliphatic carbocycles. The first-order valence-electron chi connectivity index (χ1n) is 7.80. The molecule has 0 bridgehead atoms. The van der Waals surface area contributed by atoms with Crippen molar-refractivity contribution in [1.82, 2.24) is 5.32 Å². The number of carbonyl (C=O) groups excluding carboxylic acids is 2. The number of nitrogens with one attached hydrogen (secondary N) is 1. The maximum atomic E-state index is 12.5. The average molecular weight is 388 g/mol. The molecule has 0 saturated carbocycles. The summed E-state index contributed by atoms with van der Waals surface area (Å²) >= 11 is 0.922. The van der Waals surface area contributed by atoms with Gasteiger partial charge in [-0.2, -0.15) is 0 Å². The van der Waals surface area contributed by atoms with Crippen molar-refractivity contribution in [1.29, 1.82) is 0 Å². The van der Waals surface area contributed by atoms with Gasteiger partial charge in [-0.05, 0) is 12.1 Å². The van der Waals surface area contributed by atoms with Crippen molar-refractivity contribution in [2.24, 2.45) is 0 Å². The van der Waals surface area contributed by atoms with Gasteiger partial charge in [0.05, 0.1) is 9.82 Å². The van der Waals surface area contributed by atoms with Crippen LogP contribution in [0.15, 0.2) is 53.4 Å². The molecule has 0 radical (unpaired) electrons. The molecule has 0 unspecified atom stereocenters. The number of rotatable bonds is 8. The maximum absolute atomic E-state index is 12.5. The largest absolute Gasteiger partial charge is 0.480 e. The van der Waals surface area contributed by atoms with Crippen molar-refractivity contribution in [2.75, 3.05) is 5.75 Å². The third kappa shape index (κ3) is 5.38. The van der Waals surface area contributed by atoms with E-state index in [4.69, 9.17) is 5.11 Å². The van der Waals surface area contributed by atoms with Crippen LogP contribution < -0.4 is 5.32 Å². The van der Waals surface area contributed by atoms with Crippen molar-refractivity contribution in [3.8, 4) is 0 Å². The van der Waals surface area contributed by atoms with Gasteiger partial charge in [0, 0.05) is 29.9 Å². The number of carbonyl (C=O) groups is 3. The van der Waals surface area contributed by atoms with Gasteiger partial charge in [-0.3, -0.25) is 19.7 Å². The van der Waals surface area contributed by atoms with Crippen LogP contribution in [0, 0.1) is 10.1 Å². The highest BCUT2D eigenvalue weighted by atomic mass is 32.2. The minimum atomic E-state index is -1.24. The number of thioether (sulfide) groups is 1. The summed E-state index contributed by atoms with van der Waals surface area (Å²) in [6, 6.07) is 11.2. The van der Waals surface area contributed by atoms with Gasteiger partial charge >= 0.3 is 5.97 Å². The van der Waals surface area contributed by atoms with Crippen molar-refractivity contribution in [2.45, 2.75) is 17.9 Å². The third-order valence-corrected chi connectivity index (χ3v) is 4.69. The topological polar surface area (TPSA) is 127 Å². The quantitative estimate of drug-likeness (QED) is 0.308. The Balaban J connectivity index is 2.25. The summed E-state index contributed by atoms with van der Waals surface area (Å²) in [6.07, 6.45) is 0. The van der Waals surface area contributed by atoms with Crippen LogP contribution in [0.2, 0.25) is 0 Å². The standard InChI is InChI=1S/C18H16N2O6S/c1-11(21)19-14(18(23)24)10-27-16-8-7-13(9-15(16)20(25)26)17(22)12-5-3-2-4-6-12/h2-9,14H,10H2,1H3,(H,19,21)(H,23,24)/t14-/m0/s1. The van der Waals surface area contributed by atoms with E-state index in [-0.39, 0.29) is 27.7 Å². The Morgan fingerprint density at radius 3 is 2.37 bits per heavy atom. The number of ketones is 1. The summed E-state index contributed by atoms with van der Waals surface area (Å²) in [4.78, 5) is 45.7. The fourth-order valence-corrected chi connectivity index (χ4v) is 3.29. The Hall–Kier alpha value is -3.20. The summed E-state index contributed by atoms with van der Waals surface area (Å²) in [5.41, 5.74) is 0.270. The van der Waals surface area contributed by atoms with E-state index in [9.17, 15) is 24.5 Å². The summed E-state index contributed by atoms with van der Waals surface area (Å²) in [5.74, 6) is -2.20. The van der Waals surface area contributed by atoms with Crippen LogP contribution in [0.1, 0.15) is 22.8 Å². The zero-order valence-electron chi connectivity index (χ0n) is 14.2. The van der Waals surface area contributed by atoms with Crippen LogP contribution in [0.25, 0.3) is 0 Å². The van der Waals surface area contributed by atoms with Gasteiger partial charge in [0.2, 0.25) is 5.91 Å². The molecule has 27 heavy (non-hydrogen) atoms. The van der Waals surface area contributed by atoms with Gasteiger partial charge in [0.1, 0.15) is 6.04 Å². The Kier molecular flexibility index (Phi) is 6.67. The van der Waals surface area contributed by atoms with Gasteiger partial charge in [-0.1, -0.05) is 30.3 Å². The molecule has 2 aromatic rings. The van der Waals surface area contributed by atoms with E-state index in [1.807, 2.05) is 0 Å². The number of hydrogen-bond acceptors (Lipinski definition) is 6. The molecule has 2 aromatic carbocycles. The van der Waals surface area contributed by atoms with Crippen molar-refractivity contribution in [3.63, 3.8) is 0 Å². The Bertz CT molecular complexity index is 885. The van der Waals surface area contributed by atoms with E-state index in [0.717, 1.165) is 11.8 Å². The van der Waals surface area contributed by atoms with Crippen molar-refractivity contribution < 1.29 is 24.4 Å². The first-order valence-corrected chi connectivity index (χ1v) is 8.79. The van der Waals surface area contributed by atoms with Crippen molar-refractivity contribution in [3.05, 3.63) is 69.8 Å². The molecule has 0 heterocycles. The number of hydrogen-bond donors (Lipinski definition) is 2. The van der Waals surface area contributed by atoms with Crippen LogP contribution in [-0.4, -0.2) is 39.5 Å². The lowest BCUT2D eigenvalue weighted by atomic mass is 10.0. The fraction of sp³-hybridized carbons (Fsp3) is 0.167. The van der Waals surface area contributed by atoms with Crippen LogP contribution in [0.4, 0.5) is 5.69 Å². The van der Waals surface area contributed by atoms with Crippen molar-refractivity contribution >= 4 is 35.1 Å². The first kappa shape index (κ1) is 20.1. The molecule has 8 nitrogen and oxygen atoms in total. The summed E-state index contributed by atoms with van der Waals surface area (Å²) < 4.78 is 0. The van der Waals surface area contributed by atoms with Gasteiger partial charge in [0.25, 0.3) is 5.69 Å². The monoisotopic (exact) mass is 388 g/mol. The lowest BCUT2D eigenvalue weighted by Gasteiger charge is -2.13. The highest BCUT2D eigenvalue weighted by molar-refractivity contribution is 7.99. The molecule has 0 aromatic heterocycles. The second kappa shape index (κ2) is 8.95. The number of carboxylic acids is 1. The highest BCUT2D eigenvalue weighted by Gasteiger charge is 2.23. The number of nitrogens with zero attached hydrogens (tertiary/aromatic N) is 1. The number of benzene rings is 2. The number of aliphatic carboxylic acids is 1. The van der Waals surface area contributed by atoms with E-state index >= 15 is 0 Å². The molecule has 0 spiro atoms. The maximum Gasteiger partial charge on any atom is 0.327 e. The minimum absolute atomic E-state index is 0.0955. The summed E-state index contributed by atoms with van der Waals surface area (Å²) in [5, 5.41) is 22.8. The Morgan fingerprint density at radius 2 is 1.81 bits per heavy atom. The van der Waals surface area contributed by atoms with Gasteiger partial charge in [-0.25, -0.2) is 4.79 Å². The lowest BCUT2D eigenvalue weighted by molar-refractivity contribution is -0.387. The third-order valence-electron chi connectivity index (χ3n) is 3.53. The normalized spacial score (nSPS) is 11.4. The predicted molar refractivity (Wildman–Crippen MR) is 98.9 cm³/mol. The Morgan fingerprint density at radius 1 is 1.15 bits per heavy atom. The Labute approximate surface area is 158 Å². The number of nitro groups is 1. The summed E-state index contributed by atoms with van der Waals surface area (Å²) in [7, 11) is 0. The molecular weight excluding hydrogens is 372 g/mol. The molecule has 9 heteroatoms. The SMILES string of the molecule is CC(=O)N[C@@H](CSc1ccc(C(=O)c2ccccc2)cc1[N+](=O)[O-])C(=O)O. The zero-order valence-corrected chi connectivity index (χ0v) is 15.1. The number of amides is 1. The summed E-state index contributed by atoms with van der Waals surface area (Å²) in [6.45, 7) is 1.19. The van der Waals surface area contributed by atoms with E-state index in [1.165, 1.54) is 25.1 Å². The molecule has 1 atom stereocenters. The van der Waals surface area contributed by atoms with Gasteiger partial charge < -0.3 is 10.4 Å². The van der Waals surface area contributed by atoms with E-state index < -0.39 is 22.8 Å². The van der Waals surface area contributed by atoms with Crippen LogP contribution >= 0.6 is 11.8 Å². The molecule has 140 valence electrons. The second-order valence-electron chi connectivity index (χ2n) is 5.54. The van der Waals surface area contributed by atoms with Crippen LogP contribution in [0.5, 0.6) is 0 Å². The predicted octanol–water partition coefficient (Wildman–Crippen LogP) is 2.51. The molecule has 0 fully saturated rings. The lowest BCUT2D eigenvalue weighted by Crippen LogP contribution is -2.41. The molecular formula is C18H16N2O6S. The fourth-order valence-electron chi connectivity index (χ4n) is 2.27. The zero-order chi connectivity index (χ0) is 20.0. The first-order chi connectivity index (χ1) is 12.8. The number of nitro benzene ring substituents is 1. The molecule has 0 aliphatic rings. The smallest absolute Gasteiger partial charge is 0.327 e. The minimum Gasteiger partial charge on any atom is -0.480 e. The van der Waals surface area contributed by atoms with E-state index in [0.29, 0.717) is 5.56 Å². The molecule has 2 N–H and O–H groups in total. The van der Waals surface area contributed by atoms with Gasteiger partial charge in [-0.15, -0.1) is 11.8 Å². The average Bonchev–Trinajstić information content (AvgIpc) is 2.64. The molecule has 0 saturated heterocycles. The van der Waals surface area contributed by atoms with Gasteiger partial charge in [0.15, 0.2) is 5.78 Å². The second-order valence-corrected chi connectivity index (χ2v) is 6.60. The van der Waals surface area contributed by atoms with E-state index in [2.05, 4.69) is 5.32 Å². The highest BCUT2D eigenvalue weighted by Crippen LogP contribution is 2.31. The van der Waals surface area contributed by atoms with E-state index in [1.54, 1.807) is 30.3 Å².